The number of nitrogens with one attached hydrogen (secondary N) is 2. The highest BCUT2D eigenvalue weighted by atomic mass is 79.9. The van der Waals surface area contributed by atoms with Crippen LogP contribution in [0, 0.1) is 5.92 Å². The number of halogens is 1. The predicted octanol–water partition coefficient (Wildman–Crippen LogP) is 3.10. The van der Waals surface area contributed by atoms with Gasteiger partial charge in [0.1, 0.15) is 5.75 Å². The Morgan fingerprint density at radius 2 is 2.00 bits per heavy atom. The van der Waals surface area contributed by atoms with E-state index in [0.717, 1.165) is 28.9 Å². The maximum atomic E-state index is 11.7. The van der Waals surface area contributed by atoms with E-state index in [4.69, 9.17) is 4.74 Å². The van der Waals surface area contributed by atoms with E-state index in [1.54, 1.807) is 0 Å². The van der Waals surface area contributed by atoms with Crippen LogP contribution in [0.4, 0.5) is 0 Å². The maximum Gasteiger partial charge on any atom is 0.258 e. The number of benzene rings is 1. The second-order valence-corrected chi connectivity index (χ2v) is 6.62. The number of para-hydroxylation sites is 1. The number of amides is 1. The first-order valence-corrected chi connectivity index (χ1v) is 8.09. The van der Waals surface area contributed by atoms with Gasteiger partial charge in [-0.1, -0.05) is 26.0 Å². The molecule has 0 atom stereocenters. The van der Waals surface area contributed by atoms with Gasteiger partial charge in [0.2, 0.25) is 0 Å². The van der Waals surface area contributed by atoms with Crippen molar-refractivity contribution in [3.8, 4) is 5.75 Å². The summed E-state index contributed by atoms with van der Waals surface area (Å²) in [4.78, 5) is 11.7. The lowest BCUT2D eigenvalue weighted by Gasteiger charge is -2.15. The maximum absolute atomic E-state index is 11.7. The first-order valence-electron chi connectivity index (χ1n) is 7.30. The Balaban J connectivity index is 2.64. The van der Waals surface area contributed by atoms with Crippen LogP contribution in [0.25, 0.3) is 0 Å². The highest BCUT2D eigenvalue weighted by Gasteiger charge is 2.11. The number of hydrogen-bond acceptors (Lipinski definition) is 3. The second kappa shape index (κ2) is 9.05. The van der Waals surface area contributed by atoms with Gasteiger partial charge < -0.3 is 15.4 Å². The molecule has 0 saturated carbocycles. The van der Waals surface area contributed by atoms with Crippen LogP contribution in [0.5, 0.6) is 5.75 Å². The van der Waals surface area contributed by atoms with Gasteiger partial charge in [0.15, 0.2) is 6.61 Å². The lowest BCUT2D eigenvalue weighted by Crippen LogP contribution is -2.34. The zero-order valence-electron chi connectivity index (χ0n) is 13.2. The van der Waals surface area contributed by atoms with Gasteiger partial charge in [0.25, 0.3) is 5.91 Å². The minimum absolute atomic E-state index is 0.0258. The fourth-order valence-corrected chi connectivity index (χ4v) is 2.37. The molecule has 0 spiro atoms. The van der Waals surface area contributed by atoms with Gasteiger partial charge in [-0.2, -0.15) is 0 Å². The van der Waals surface area contributed by atoms with E-state index in [-0.39, 0.29) is 18.6 Å². The highest BCUT2D eigenvalue weighted by molar-refractivity contribution is 9.10. The van der Waals surface area contributed by atoms with E-state index in [2.05, 4.69) is 40.4 Å². The molecule has 0 unspecified atom stereocenters. The third-order valence-corrected chi connectivity index (χ3v) is 3.34. The molecule has 1 amide bonds. The molecule has 0 aromatic heterocycles. The van der Waals surface area contributed by atoms with Crippen molar-refractivity contribution in [1.29, 1.82) is 0 Å². The van der Waals surface area contributed by atoms with E-state index >= 15 is 0 Å². The van der Waals surface area contributed by atoms with Gasteiger partial charge >= 0.3 is 0 Å². The Labute approximate surface area is 135 Å². The molecule has 2 N–H and O–H groups in total. The van der Waals surface area contributed by atoms with Crippen LogP contribution >= 0.6 is 15.9 Å². The van der Waals surface area contributed by atoms with Gasteiger partial charge in [-0.25, -0.2) is 0 Å². The van der Waals surface area contributed by atoms with E-state index < -0.39 is 0 Å². The Kier molecular flexibility index (Phi) is 7.75. The van der Waals surface area contributed by atoms with Crippen molar-refractivity contribution in [3.05, 3.63) is 28.2 Å². The molecule has 1 aromatic carbocycles. The summed E-state index contributed by atoms with van der Waals surface area (Å²) in [6.45, 7) is 9.88. The molecule has 1 aromatic rings. The minimum atomic E-state index is -0.109. The average molecular weight is 357 g/mol. The summed E-state index contributed by atoms with van der Waals surface area (Å²) in [6.07, 6.45) is 0. The molecule has 0 bridgehead atoms. The summed E-state index contributed by atoms with van der Waals surface area (Å²) in [5.74, 6) is 1.22. The lowest BCUT2D eigenvalue weighted by molar-refractivity contribution is -0.123. The van der Waals surface area contributed by atoms with Crippen LogP contribution in [-0.2, 0) is 11.3 Å². The molecule has 0 fully saturated rings. The van der Waals surface area contributed by atoms with Gasteiger partial charge in [-0.3, -0.25) is 4.79 Å². The van der Waals surface area contributed by atoms with E-state index in [1.807, 2.05) is 32.0 Å². The number of carbonyl (C=O) groups excluding carboxylic acids is 1. The fourth-order valence-electron chi connectivity index (χ4n) is 1.85. The molecule has 21 heavy (non-hydrogen) atoms. The third kappa shape index (κ3) is 6.96. The normalized spacial score (nSPS) is 11.0. The molecule has 4 nitrogen and oxygen atoms in total. The van der Waals surface area contributed by atoms with Crippen molar-refractivity contribution in [2.75, 3.05) is 13.2 Å². The summed E-state index contributed by atoms with van der Waals surface area (Å²) in [7, 11) is 0. The monoisotopic (exact) mass is 356 g/mol. The zero-order valence-corrected chi connectivity index (χ0v) is 14.8. The molecule has 0 saturated heterocycles. The summed E-state index contributed by atoms with van der Waals surface area (Å²) < 4.78 is 6.55. The van der Waals surface area contributed by atoms with Crippen LogP contribution in [0.3, 0.4) is 0 Å². The molecule has 0 aliphatic carbocycles. The first kappa shape index (κ1) is 18.0. The van der Waals surface area contributed by atoms with E-state index in [9.17, 15) is 4.79 Å². The molecule has 118 valence electrons. The standard InChI is InChI=1S/C16H25BrN2O2/c1-11(2)8-18-9-13-6-5-7-14(17)16(13)21-10-15(20)19-12(3)4/h5-7,11-12,18H,8-10H2,1-4H3,(H,19,20). The van der Waals surface area contributed by atoms with Crippen molar-refractivity contribution >= 4 is 21.8 Å². The molecule has 0 heterocycles. The van der Waals surface area contributed by atoms with Crippen LogP contribution < -0.4 is 15.4 Å². The molecular formula is C16H25BrN2O2. The number of rotatable bonds is 8. The van der Waals surface area contributed by atoms with Gasteiger partial charge in [-0.05, 0) is 48.3 Å². The quantitative estimate of drug-likeness (QED) is 0.752. The first-order chi connectivity index (χ1) is 9.90. The van der Waals surface area contributed by atoms with Crippen molar-refractivity contribution in [2.24, 2.45) is 5.92 Å². The molecule has 1 rings (SSSR count). The Hall–Kier alpha value is -1.07. The molecule has 0 aliphatic heterocycles. The van der Waals surface area contributed by atoms with Crippen molar-refractivity contribution < 1.29 is 9.53 Å². The SMILES string of the molecule is CC(C)CNCc1cccc(Br)c1OCC(=O)NC(C)C. The van der Waals surface area contributed by atoms with E-state index in [1.165, 1.54) is 0 Å². The molecule has 0 radical (unpaired) electrons. The van der Waals surface area contributed by atoms with Gasteiger partial charge in [-0.15, -0.1) is 0 Å². The van der Waals surface area contributed by atoms with Crippen molar-refractivity contribution in [2.45, 2.75) is 40.3 Å². The fraction of sp³-hybridized carbons (Fsp3) is 0.562. The van der Waals surface area contributed by atoms with Crippen molar-refractivity contribution in [3.63, 3.8) is 0 Å². The Morgan fingerprint density at radius 1 is 1.29 bits per heavy atom. The van der Waals surface area contributed by atoms with Crippen LogP contribution in [0.1, 0.15) is 33.3 Å². The summed E-state index contributed by atoms with van der Waals surface area (Å²) in [6, 6.07) is 6.01. The third-order valence-electron chi connectivity index (χ3n) is 2.71. The zero-order chi connectivity index (χ0) is 15.8. The number of hydrogen-bond donors (Lipinski definition) is 2. The number of ether oxygens (including phenoxy) is 1. The van der Waals surface area contributed by atoms with Gasteiger partial charge in [0, 0.05) is 18.2 Å². The average Bonchev–Trinajstić information content (AvgIpc) is 2.36. The van der Waals surface area contributed by atoms with E-state index in [0.29, 0.717) is 5.92 Å². The molecular weight excluding hydrogens is 332 g/mol. The minimum Gasteiger partial charge on any atom is -0.482 e. The summed E-state index contributed by atoms with van der Waals surface area (Å²) in [5.41, 5.74) is 1.04. The number of carbonyl (C=O) groups is 1. The van der Waals surface area contributed by atoms with Crippen LogP contribution in [0.15, 0.2) is 22.7 Å². The predicted molar refractivity (Wildman–Crippen MR) is 89.5 cm³/mol. The topological polar surface area (TPSA) is 50.4 Å². The largest absolute Gasteiger partial charge is 0.482 e. The second-order valence-electron chi connectivity index (χ2n) is 5.76. The smallest absolute Gasteiger partial charge is 0.258 e. The highest BCUT2D eigenvalue weighted by Crippen LogP contribution is 2.29. The summed E-state index contributed by atoms with van der Waals surface area (Å²) in [5, 5.41) is 6.20. The van der Waals surface area contributed by atoms with Gasteiger partial charge in [0.05, 0.1) is 4.47 Å². The van der Waals surface area contributed by atoms with Crippen LogP contribution in [0.2, 0.25) is 0 Å². The Bertz CT molecular complexity index is 462. The molecule has 5 heteroatoms. The summed E-state index contributed by atoms with van der Waals surface area (Å²) >= 11 is 3.48. The van der Waals surface area contributed by atoms with Crippen LogP contribution in [-0.4, -0.2) is 25.1 Å². The lowest BCUT2D eigenvalue weighted by atomic mass is 10.2. The molecule has 0 aliphatic rings. The Morgan fingerprint density at radius 3 is 2.62 bits per heavy atom. The van der Waals surface area contributed by atoms with Crippen molar-refractivity contribution in [1.82, 2.24) is 10.6 Å².